The number of aromatic hydroxyl groups is 1. The Morgan fingerprint density at radius 3 is 2.59 bits per heavy atom. The van der Waals surface area contributed by atoms with Crippen LogP contribution in [0.4, 0.5) is 4.39 Å². The summed E-state index contributed by atoms with van der Waals surface area (Å²) in [6.45, 7) is 0.651. The van der Waals surface area contributed by atoms with Gasteiger partial charge in [-0.1, -0.05) is 23.7 Å². The first-order valence-corrected chi connectivity index (χ1v) is 9.26. The molecule has 6 nitrogen and oxygen atoms in total. The quantitative estimate of drug-likeness (QED) is 0.443. The van der Waals surface area contributed by atoms with Crippen LogP contribution in [0.2, 0.25) is 5.02 Å². The highest BCUT2D eigenvalue weighted by Crippen LogP contribution is 2.41. The summed E-state index contributed by atoms with van der Waals surface area (Å²) in [7, 11) is 3.63. The minimum atomic E-state index is -0.996. The predicted molar refractivity (Wildman–Crippen MR) is 107 cm³/mol. The number of carbonyl (C=O) groups is 2. The Labute approximate surface area is 172 Å². The van der Waals surface area contributed by atoms with Gasteiger partial charge in [-0.25, -0.2) is 4.39 Å². The lowest BCUT2D eigenvalue weighted by atomic mass is 9.95. The molecule has 0 radical (unpaired) electrons. The fourth-order valence-corrected chi connectivity index (χ4v) is 3.46. The average Bonchev–Trinajstić information content (AvgIpc) is 2.92. The lowest BCUT2D eigenvalue weighted by molar-refractivity contribution is -0.140. The Morgan fingerprint density at radius 1 is 1.21 bits per heavy atom. The minimum absolute atomic E-state index is 0.0792. The van der Waals surface area contributed by atoms with E-state index in [0.29, 0.717) is 12.1 Å². The number of nitrogens with zero attached hydrogens (tertiary/aromatic N) is 2. The summed E-state index contributed by atoms with van der Waals surface area (Å²) in [6, 6.07) is 8.50. The molecule has 0 bridgehead atoms. The Bertz CT molecular complexity index is 1010. The van der Waals surface area contributed by atoms with E-state index in [1.165, 1.54) is 41.3 Å². The molecule has 1 amide bonds. The molecule has 1 atom stereocenters. The average molecular weight is 419 g/mol. The van der Waals surface area contributed by atoms with Crippen LogP contribution in [0, 0.1) is 5.82 Å². The number of hydrogen-bond donors (Lipinski definition) is 2. The fraction of sp³-hybridized carbons (Fsp3) is 0.238. The van der Waals surface area contributed by atoms with Gasteiger partial charge in [-0.3, -0.25) is 9.59 Å². The highest BCUT2D eigenvalue weighted by molar-refractivity contribution is 6.46. The van der Waals surface area contributed by atoms with E-state index in [2.05, 4.69) is 0 Å². The van der Waals surface area contributed by atoms with Crippen LogP contribution in [0.5, 0.6) is 5.75 Å². The second-order valence-electron chi connectivity index (χ2n) is 7.01. The highest BCUT2D eigenvalue weighted by atomic mass is 35.5. The van der Waals surface area contributed by atoms with E-state index < -0.39 is 29.3 Å². The zero-order valence-corrected chi connectivity index (χ0v) is 16.7. The molecule has 2 aromatic carbocycles. The van der Waals surface area contributed by atoms with Gasteiger partial charge in [0, 0.05) is 18.1 Å². The molecule has 0 spiro atoms. The number of rotatable bonds is 5. The van der Waals surface area contributed by atoms with Gasteiger partial charge in [0.15, 0.2) is 0 Å². The largest absolute Gasteiger partial charge is 0.507 e. The maximum Gasteiger partial charge on any atom is 0.295 e. The van der Waals surface area contributed by atoms with Crippen LogP contribution in [0.15, 0.2) is 48.0 Å². The Kier molecular flexibility index (Phi) is 5.91. The van der Waals surface area contributed by atoms with Crippen LogP contribution < -0.4 is 0 Å². The smallest absolute Gasteiger partial charge is 0.295 e. The van der Waals surface area contributed by atoms with E-state index in [-0.39, 0.29) is 28.5 Å². The first kappa shape index (κ1) is 20.8. The van der Waals surface area contributed by atoms with Crippen molar-refractivity contribution in [3.63, 3.8) is 0 Å². The summed E-state index contributed by atoms with van der Waals surface area (Å²) in [5.41, 5.74) is 0.0347. The number of phenolic OH excluding ortho intramolecular Hbond substituents is 1. The maximum atomic E-state index is 13.9. The molecular weight excluding hydrogens is 399 g/mol. The topological polar surface area (TPSA) is 81.1 Å². The number of hydrogen-bond acceptors (Lipinski definition) is 5. The number of Topliss-reactive ketones (excluding diaryl/α,β-unsaturated/α-hetero) is 1. The van der Waals surface area contributed by atoms with Gasteiger partial charge < -0.3 is 20.0 Å². The third kappa shape index (κ3) is 4.11. The van der Waals surface area contributed by atoms with Crippen molar-refractivity contribution >= 4 is 29.1 Å². The number of aliphatic hydroxyl groups excluding tert-OH is 1. The van der Waals surface area contributed by atoms with Crippen molar-refractivity contribution in [3.05, 3.63) is 70.0 Å². The monoisotopic (exact) mass is 418 g/mol. The van der Waals surface area contributed by atoms with Crippen LogP contribution in [0.1, 0.15) is 17.2 Å². The molecule has 152 valence electrons. The number of phenols is 1. The number of aliphatic hydroxyl groups is 1. The molecule has 3 rings (SSSR count). The first-order valence-electron chi connectivity index (χ1n) is 8.88. The second-order valence-corrected chi connectivity index (χ2v) is 7.45. The van der Waals surface area contributed by atoms with Crippen molar-refractivity contribution in [2.75, 3.05) is 27.2 Å². The van der Waals surface area contributed by atoms with Crippen molar-refractivity contribution in [3.8, 4) is 5.75 Å². The summed E-state index contributed by atoms with van der Waals surface area (Å²) >= 11 is 5.96. The molecule has 1 saturated heterocycles. The molecule has 1 heterocycles. The molecule has 0 aliphatic carbocycles. The van der Waals surface area contributed by atoms with E-state index in [9.17, 15) is 24.2 Å². The number of amides is 1. The molecule has 0 unspecified atom stereocenters. The zero-order chi connectivity index (χ0) is 21.3. The van der Waals surface area contributed by atoms with Gasteiger partial charge in [0.25, 0.3) is 11.7 Å². The van der Waals surface area contributed by atoms with Gasteiger partial charge in [0.1, 0.15) is 17.3 Å². The standard InChI is InChI=1S/C21H20ClFN2O4/c1-24(2)8-9-25-18(12-4-3-5-14(23)10-12)17(20(28)21(25)29)19(27)15-11-13(22)6-7-16(15)26/h3-7,10-11,18,26-27H,8-9H2,1-2H3/t18-/m1/s1. The summed E-state index contributed by atoms with van der Waals surface area (Å²) in [6.07, 6.45) is 0. The first-order chi connectivity index (χ1) is 13.7. The summed E-state index contributed by atoms with van der Waals surface area (Å²) in [4.78, 5) is 28.7. The van der Waals surface area contributed by atoms with E-state index in [1.807, 2.05) is 19.0 Å². The normalized spacial score (nSPS) is 18.7. The minimum Gasteiger partial charge on any atom is -0.507 e. The van der Waals surface area contributed by atoms with Gasteiger partial charge in [0.2, 0.25) is 0 Å². The molecule has 29 heavy (non-hydrogen) atoms. The van der Waals surface area contributed by atoms with Crippen LogP contribution >= 0.6 is 11.6 Å². The van der Waals surface area contributed by atoms with E-state index in [0.717, 1.165) is 0 Å². The molecule has 0 aromatic heterocycles. The molecule has 8 heteroatoms. The van der Waals surface area contributed by atoms with Gasteiger partial charge in [-0.05, 0) is 50.0 Å². The van der Waals surface area contributed by atoms with Gasteiger partial charge in [-0.15, -0.1) is 0 Å². The van der Waals surface area contributed by atoms with Crippen LogP contribution in [-0.2, 0) is 9.59 Å². The molecule has 2 aromatic rings. The number of benzene rings is 2. The number of likely N-dealkylation sites (N-methyl/N-ethyl adjacent to an activating group) is 1. The summed E-state index contributed by atoms with van der Waals surface area (Å²) in [5, 5.41) is 21.2. The number of halogens is 2. The molecule has 1 aliphatic rings. The maximum absolute atomic E-state index is 13.9. The zero-order valence-electron chi connectivity index (χ0n) is 15.9. The third-order valence-corrected chi connectivity index (χ3v) is 4.94. The molecule has 2 N–H and O–H groups in total. The van der Waals surface area contributed by atoms with Crippen molar-refractivity contribution in [1.29, 1.82) is 0 Å². The molecule has 0 saturated carbocycles. The highest BCUT2D eigenvalue weighted by Gasteiger charge is 2.46. The van der Waals surface area contributed by atoms with E-state index in [4.69, 9.17) is 11.6 Å². The Hall–Kier alpha value is -2.90. The van der Waals surface area contributed by atoms with Crippen molar-refractivity contribution in [2.24, 2.45) is 0 Å². The Balaban J connectivity index is 2.20. The fourth-order valence-electron chi connectivity index (χ4n) is 3.28. The van der Waals surface area contributed by atoms with Crippen molar-refractivity contribution < 1.29 is 24.2 Å². The number of likely N-dealkylation sites (tertiary alicyclic amines) is 1. The van der Waals surface area contributed by atoms with Gasteiger partial charge in [-0.2, -0.15) is 0 Å². The Morgan fingerprint density at radius 2 is 1.93 bits per heavy atom. The summed E-state index contributed by atoms with van der Waals surface area (Å²) < 4.78 is 13.9. The van der Waals surface area contributed by atoms with E-state index >= 15 is 0 Å². The van der Waals surface area contributed by atoms with Crippen LogP contribution in [0.25, 0.3) is 5.76 Å². The molecular formula is C21H20ClFN2O4. The van der Waals surface area contributed by atoms with Crippen molar-refractivity contribution in [1.82, 2.24) is 9.80 Å². The predicted octanol–water partition coefficient (Wildman–Crippen LogP) is 3.17. The lowest BCUT2D eigenvalue weighted by Gasteiger charge is -2.26. The second kappa shape index (κ2) is 8.23. The van der Waals surface area contributed by atoms with Gasteiger partial charge >= 0.3 is 0 Å². The molecule has 1 fully saturated rings. The third-order valence-electron chi connectivity index (χ3n) is 4.71. The number of ketones is 1. The molecule has 1 aliphatic heterocycles. The van der Waals surface area contributed by atoms with Crippen LogP contribution in [0.3, 0.4) is 0 Å². The summed E-state index contributed by atoms with van der Waals surface area (Å²) in [5.74, 6) is -3.11. The number of carbonyl (C=O) groups excluding carboxylic acids is 2. The van der Waals surface area contributed by atoms with Crippen molar-refractivity contribution in [2.45, 2.75) is 6.04 Å². The van der Waals surface area contributed by atoms with Crippen LogP contribution in [-0.4, -0.2) is 58.9 Å². The van der Waals surface area contributed by atoms with Gasteiger partial charge in [0.05, 0.1) is 17.2 Å². The lowest BCUT2D eigenvalue weighted by Crippen LogP contribution is -2.35. The SMILES string of the molecule is CN(C)CCN1C(=O)C(=O)C(=C(O)c2cc(Cl)ccc2O)[C@H]1c1cccc(F)c1. The van der Waals surface area contributed by atoms with E-state index in [1.54, 1.807) is 6.07 Å².